The smallest absolute Gasteiger partial charge is 0.0333 e. The number of rotatable bonds is 3. The summed E-state index contributed by atoms with van der Waals surface area (Å²) in [4.78, 5) is 0. The van der Waals surface area contributed by atoms with E-state index in [2.05, 4.69) is 50.4 Å². The zero-order chi connectivity index (χ0) is 12.5. The van der Waals surface area contributed by atoms with Gasteiger partial charge < -0.3 is 11.1 Å². The van der Waals surface area contributed by atoms with Crippen molar-refractivity contribution in [3.63, 3.8) is 0 Å². The van der Waals surface area contributed by atoms with Crippen LogP contribution in [0.3, 0.4) is 0 Å². The Hall–Kier alpha value is -0.860. The van der Waals surface area contributed by atoms with E-state index in [0.29, 0.717) is 11.8 Å². The van der Waals surface area contributed by atoms with Gasteiger partial charge in [-0.2, -0.15) is 0 Å². The molecule has 0 amide bonds. The van der Waals surface area contributed by atoms with Crippen LogP contribution in [-0.2, 0) is 6.42 Å². The Morgan fingerprint density at radius 2 is 2.00 bits per heavy atom. The van der Waals surface area contributed by atoms with Gasteiger partial charge in [0.05, 0.1) is 0 Å². The van der Waals surface area contributed by atoms with E-state index in [1.54, 1.807) is 0 Å². The van der Waals surface area contributed by atoms with E-state index in [4.69, 9.17) is 5.73 Å². The number of nitrogens with one attached hydrogen (secondary N) is 1. The van der Waals surface area contributed by atoms with E-state index in [1.165, 1.54) is 11.1 Å². The molecule has 1 aliphatic heterocycles. The molecule has 2 rings (SSSR count). The Kier molecular flexibility index (Phi) is 3.55. The predicted molar refractivity (Wildman–Crippen MR) is 73.2 cm³/mol. The van der Waals surface area contributed by atoms with Gasteiger partial charge in [0, 0.05) is 24.5 Å². The average molecular weight is 232 g/mol. The summed E-state index contributed by atoms with van der Waals surface area (Å²) in [5.74, 6) is 1.16. The van der Waals surface area contributed by atoms with Gasteiger partial charge in [-0.3, -0.25) is 0 Å². The molecule has 1 fully saturated rings. The quantitative estimate of drug-likeness (QED) is 0.839. The summed E-state index contributed by atoms with van der Waals surface area (Å²) in [7, 11) is 0. The van der Waals surface area contributed by atoms with Crippen LogP contribution in [0.15, 0.2) is 24.3 Å². The maximum atomic E-state index is 6.31. The SMILES string of the molecule is CC(C)Cc1ccc([C@@H]2CNC[C@@]2(C)N)cc1. The second-order valence-corrected chi connectivity index (χ2v) is 6.03. The van der Waals surface area contributed by atoms with Gasteiger partial charge in [0.2, 0.25) is 0 Å². The molecule has 0 unspecified atom stereocenters. The highest BCUT2D eigenvalue weighted by Gasteiger charge is 2.35. The van der Waals surface area contributed by atoms with Crippen molar-refractivity contribution in [2.45, 2.75) is 38.6 Å². The van der Waals surface area contributed by atoms with Crippen LogP contribution in [0.25, 0.3) is 0 Å². The first-order valence-electron chi connectivity index (χ1n) is 6.57. The highest BCUT2D eigenvalue weighted by Crippen LogP contribution is 2.29. The van der Waals surface area contributed by atoms with Crippen molar-refractivity contribution in [3.05, 3.63) is 35.4 Å². The van der Waals surface area contributed by atoms with Crippen LogP contribution in [0.5, 0.6) is 0 Å². The second-order valence-electron chi connectivity index (χ2n) is 6.03. The van der Waals surface area contributed by atoms with Crippen molar-refractivity contribution in [2.75, 3.05) is 13.1 Å². The highest BCUT2D eigenvalue weighted by molar-refractivity contribution is 5.30. The van der Waals surface area contributed by atoms with Gasteiger partial charge in [0.1, 0.15) is 0 Å². The van der Waals surface area contributed by atoms with Gasteiger partial charge in [0.25, 0.3) is 0 Å². The monoisotopic (exact) mass is 232 g/mol. The largest absolute Gasteiger partial charge is 0.324 e. The number of nitrogens with two attached hydrogens (primary N) is 1. The minimum Gasteiger partial charge on any atom is -0.324 e. The summed E-state index contributed by atoms with van der Waals surface area (Å²) in [6, 6.07) is 9.01. The van der Waals surface area contributed by atoms with Crippen LogP contribution in [0.4, 0.5) is 0 Å². The predicted octanol–water partition coefficient (Wildman–Crippen LogP) is 2.29. The van der Waals surface area contributed by atoms with Crippen LogP contribution < -0.4 is 11.1 Å². The van der Waals surface area contributed by atoms with Crippen LogP contribution in [0.1, 0.15) is 37.8 Å². The van der Waals surface area contributed by atoms with Gasteiger partial charge >= 0.3 is 0 Å². The Balaban J connectivity index is 2.12. The molecule has 1 aliphatic rings. The van der Waals surface area contributed by atoms with Crippen LogP contribution in [0, 0.1) is 5.92 Å². The minimum absolute atomic E-state index is 0.112. The lowest BCUT2D eigenvalue weighted by Gasteiger charge is -2.26. The topological polar surface area (TPSA) is 38.0 Å². The van der Waals surface area contributed by atoms with E-state index >= 15 is 0 Å². The first-order chi connectivity index (χ1) is 7.99. The van der Waals surface area contributed by atoms with Crippen molar-refractivity contribution in [3.8, 4) is 0 Å². The van der Waals surface area contributed by atoms with Crippen LogP contribution >= 0.6 is 0 Å². The molecule has 0 saturated carbocycles. The molecule has 1 saturated heterocycles. The van der Waals surface area contributed by atoms with E-state index in [0.717, 1.165) is 19.5 Å². The molecule has 3 N–H and O–H groups in total. The summed E-state index contributed by atoms with van der Waals surface area (Å²) in [5.41, 5.74) is 8.99. The fraction of sp³-hybridized carbons (Fsp3) is 0.600. The molecule has 0 bridgehead atoms. The standard InChI is InChI=1S/C15H24N2/c1-11(2)8-12-4-6-13(7-5-12)14-9-17-10-15(14,3)16/h4-7,11,14,17H,8-10,16H2,1-3H3/t14-,15+/m0/s1. The maximum Gasteiger partial charge on any atom is 0.0333 e. The van der Waals surface area contributed by atoms with Gasteiger partial charge in [0.15, 0.2) is 0 Å². The molecule has 2 heteroatoms. The molecule has 2 nitrogen and oxygen atoms in total. The van der Waals surface area contributed by atoms with Crippen LogP contribution in [0.2, 0.25) is 0 Å². The maximum absolute atomic E-state index is 6.31. The van der Waals surface area contributed by atoms with Gasteiger partial charge in [-0.05, 0) is 30.4 Å². The van der Waals surface area contributed by atoms with E-state index in [-0.39, 0.29) is 5.54 Å². The van der Waals surface area contributed by atoms with Crippen molar-refractivity contribution in [2.24, 2.45) is 11.7 Å². The van der Waals surface area contributed by atoms with E-state index in [9.17, 15) is 0 Å². The summed E-state index contributed by atoms with van der Waals surface area (Å²) in [6.45, 7) is 8.55. The normalized spacial score (nSPS) is 28.9. The summed E-state index contributed by atoms with van der Waals surface area (Å²) in [6.07, 6.45) is 1.16. The highest BCUT2D eigenvalue weighted by atomic mass is 15.0. The first kappa shape index (κ1) is 12.6. The molecule has 0 aliphatic carbocycles. The number of hydrogen-bond donors (Lipinski definition) is 2. The molecule has 1 aromatic rings. The molecule has 0 aromatic heterocycles. The summed E-state index contributed by atoms with van der Waals surface area (Å²) < 4.78 is 0. The molecular formula is C15H24N2. The van der Waals surface area contributed by atoms with Gasteiger partial charge in [-0.15, -0.1) is 0 Å². The van der Waals surface area contributed by atoms with E-state index < -0.39 is 0 Å². The van der Waals surface area contributed by atoms with Gasteiger partial charge in [-0.25, -0.2) is 0 Å². The fourth-order valence-electron chi connectivity index (χ4n) is 2.70. The molecule has 0 spiro atoms. The average Bonchev–Trinajstić information content (AvgIpc) is 2.58. The Morgan fingerprint density at radius 1 is 1.35 bits per heavy atom. The third kappa shape index (κ3) is 2.88. The zero-order valence-electron chi connectivity index (χ0n) is 11.2. The Bertz CT molecular complexity index is 365. The zero-order valence-corrected chi connectivity index (χ0v) is 11.2. The summed E-state index contributed by atoms with van der Waals surface area (Å²) >= 11 is 0. The lowest BCUT2D eigenvalue weighted by Crippen LogP contribution is -2.42. The van der Waals surface area contributed by atoms with Crippen molar-refractivity contribution in [1.29, 1.82) is 0 Å². The minimum atomic E-state index is -0.112. The lowest BCUT2D eigenvalue weighted by molar-refractivity contribution is 0.462. The van der Waals surface area contributed by atoms with Gasteiger partial charge in [-0.1, -0.05) is 38.1 Å². The van der Waals surface area contributed by atoms with Crippen LogP contribution in [-0.4, -0.2) is 18.6 Å². The second kappa shape index (κ2) is 4.79. The number of hydrogen-bond acceptors (Lipinski definition) is 2. The Labute approximate surface area is 105 Å². The summed E-state index contributed by atoms with van der Waals surface area (Å²) in [5, 5.41) is 3.38. The third-order valence-corrected chi connectivity index (χ3v) is 3.68. The first-order valence-corrected chi connectivity index (χ1v) is 6.57. The van der Waals surface area contributed by atoms with Crippen molar-refractivity contribution in [1.82, 2.24) is 5.32 Å². The molecule has 94 valence electrons. The number of benzene rings is 1. The third-order valence-electron chi connectivity index (χ3n) is 3.68. The van der Waals surface area contributed by atoms with Crippen molar-refractivity contribution >= 4 is 0 Å². The molecule has 1 aromatic carbocycles. The molecular weight excluding hydrogens is 208 g/mol. The van der Waals surface area contributed by atoms with E-state index in [1.807, 2.05) is 0 Å². The molecule has 17 heavy (non-hydrogen) atoms. The Morgan fingerprint density at radius 3 is 2.47 bits per heavy atom. The van der Waals surface area contributed by atoms with Crippen molar-refractivity contribution < 1.29 is 0 Å². The molecule has 0 radical (unpaired) electrons. The fourth-order valence-corrected chi connectivity index (χ4v) is 2.70. The molecule has 2 atom stereocenters. The molecule has 1 heterocycles. The lowest BCUT2D eigenvalue weighted by atomic mass is 9.84.